The van der Waals surface area contributed by atoms with Crippen molar-refractivity contribution in [3.8, 4) is 56.4 Å². The van der Waals surface area contributed by atoms with Gasteiger partial charge < -0.3 is 8.83 Å². The Hall–Kier alpha value is -6.85. The number of hydrogen-bond acceptors (Lipinski definition) is 5. The number of furan rings is 2. The van der Waals surface area contributed by atoms with Gasteiger partial charge in [0.2, 0.25) is 0 Å². The predicted molar refractivity (Wildman–Crippen MR) is 202 cm³/mol. The van der Waals surface area contributed by atoms with E-state index in [-0.39, 0.29) is 50.5 Å². The molecule has 10 aromatic rings. The quantitative estimate of drug-likeness (QED) is 0.185. The summed E-state index contributed by atoms with van der Waals surface area (Å²) >= 11 is 0. The van der Waals surface area contributed by atoms with Gasteiger partial charge in [-0.2, -0.15) is 0 Å². The molecule has 10 rings (SSSR count). The van der Waals surface area contributed by atoms with Crippen LogP contribution in [0.1, 0.15) is 15.1 Å². The average Bonchev–Trinajstić information content (AvgIpc) is 3.87. The lowest BCUT2D eigenvalue weighted by Crippen LogP contribution is -2.00. The van der Waals surface area contributed by atoms with Gasteiger partial charge in [0, 0.05) is 38.2 Å². The maximum Gasteiger partial charge on any atom is 0.164 e. The molecule has 3 aromatic heterocycles. The molecule has 0 bridgehead atoms. The second kappa shape index (κ2) is 11.4. The van der Waals surface area contributed by atoms with Crippen LogP contribution >= 0.6 is 0 Å². The highest BCUT2D eigenvalue weighted by atomic mass is 16.3. The largest absolute Gasteiger partial charge is 0.456 e. The number of nitrogens with zero attached hydrogens (tertiary/aromatic N) is 3. The molecule has 0 aliphatic carbocycles. The van der Waals surface area contributed by atoms with Crippen LogP contribution in [0.15, 0.2) is 172 Å². The number of aromatic nitrogens is 3. The molecule has 0 unspecified atom stereocenters. The standard InChI is InChI=1S/C45H27N3O2/c1-3-11-28(12-4-1)29-19-21-31(22-20-29)43-46-44(32-23-24-35-34-15-7-9-17-38(34)49-40(35)26-32)48-45(47-43)33-25-37(30-13-5-2-6-14-30)42-36-16-8-10-18-39(36)50-41(42)27-33/h1-27H/i2D,5D,6D,8D,10D,13D,14D,16D,18D,25D,27D. The number of rotatable bonds is 5. The summed E-state index contributed by atoms with van der Waals surface area (Å²) in [5.74, 6) is 0.112. The summed E-state index contributed by atoms with van der Waals surface area (Å²) in [6.07, 6.45) is 0. The highest BCUT2D eigenvalue weighted by Crippen LogP contribution is 2.40. The molecular formula is C45H27N3O2. The lowest BCUT2D eigenvalue weighted by Gasteiger charge is -2.11. The summed E-state index contributed by atoms with van der Waals surface area (Å²) in [6, 6.07) is 23.6. The van der Waals surface area contributed by atoms with Crippen LogP contribution in [0.4, 0.5) is 0 Å². The Labute approximate surface area is 302 Å². The van der Waals surface area contributed by atoms with Gasteiger partial charge in [0.1, 0.15) is 22.3 Å². The maximum atomic E-state index is 9.80. The first-order valence-electron chi connectivity index (χ1n) is 21.2. The molecule has 0 N–H and O–H groups in total. The molecule has 50 heavy (non-hydrogen) atoms. The van der Waals surface area contributed by atoms with Crippen LogP contribution < -0.4 is 0 Å². The summed E-state index contributed by atoms with van der Waals surface area (Å²) in [5.41, 5.74) is 2.56. The van der Waals surface area contributed by atoms with Gasteiger partial charge in [-0.05, 0) is 58.6 Å². The van der Waals surface area contributed by atoms with Crippen LogP contribution in [0.2, 0.25) is 0 Å². The van der Waals surface area contributed by atoms with Crippen LogP contribution in [0.3, 0.4) is 0 Å². The fourth-order valence-electron chi connectivity index (χ4n) is 6.21. The Kier molecular flexibility index (Phi) is 4.38. The summed E-state index contributed by atoms with van der Waals surface area (Å²) < 4.78 is 109. The summed E-state index contributed by atoms with van der Waals surface area (Å²) in [4.78, 5) is 14.5. The van der Waals surface area contributed by atoms with Gasteiger partial charge in [-0.25, -0.2) is 15.0 Å². The predicted octanol–water partition coefficient (Wildman–Crippen LogP) is 12.0. The van der Waals surface area contributed by atoms with Gasteiger partial charge in [-0.3, -0.25) is 0 Å². The molecule has 0 radical (unpaired) electrons. The first-order valence-corrected chi connectivity index (χ1v) is 15.7. The molecule has 234 valence electrons. The molecular weight excluding hydrogens is 615 g/mol. The molecule has 0 aliphatic rings. The van der Waals surface area contributed by atoms with Crippen molar-refractivity contribution in [3.63, 3.8) is 0 Å². The Morgan fingerprint density at radius 3 is 1.86 bits per heavy atom. The number of fused-ring (bicyclic) bond motifs is 6. The zero-order valence-corrected chi connectivity index (χ0v) is 25.9. The molecule has 0 saturated heterocycles. The Balaban J connectivity index is 1.30. The zero-order chi connectivity index (χ0) is 42.6. The summed E-state index contributed by atoms with van der Waals surface area (Å²) in [6.45, 7) is 0. The van der Waals surface area contributed by atoms with Gasteiger partial charge >= 0.3 is 0 Å². The average molecular weight is 653 g/mol. The third-order valence-electron chi connectivity index (χ3n) is 8.57. The maximum absolute atomic E-state index is 9.80. The van der Waals surface area contributed by atoms with Crippen LogP contribution in [0.25, 0.3) is 100 Å². The van der Waals surface area contributed by atoms with Crippen molar-refractivity contribution in [1.29, 1.82) is 0 Å². The highest BCUT2D eigenvalue weighted by Gasteiger charge is 2.19. The molecule has 0 fully saturated rings. The molecule has 0 spiro atoms. The number of hydrogen-bond donors (Lipinski definition) is 0. The first kappa shape index (κ1) is 19.2. The van der Waals surface area contributed by atoms with Crippen molar-refractivity contribution in [2.75, 3.05) is 0 Å². The minimum Gasteiger partial charge on any atom is -0.456 e. The molecule has 3 heterocycles. The van der Waals surface area contributed by atoms with Gasteiger partial charge in [0.05, 0.1) is 15.1 Å². The van der Waals surface area contributed by atoms with E-state index in [0.29, 0.717) is 22.3 Å². The first-order chi connectivity index (χ1) is 29.3. The van der Waals surface area contributed by atoms with E-state index in [2.05, 4.69) is 0 Å². The van der Waals surface area contributed by atoms with E-state index < -0.39 is 72.0 Å². The lowest BCUT2D eigenvalue weighted by molar-refractivity contribution is 0.668. The van der Waals surface area contributed by atoms with Crippen LogP contribution in [-0.2, 0) is 0 Å². The molecule has 0 atom stereocenters. The molecule has 5 nitrogen and oxygen atoms in total. The van der Waals surface area contributed by atoms with E-state index in [1.807, 2.05) is 91.0 Å². The minimum atomic E-state index is -0.695. The van der Waals surface area contributed by atoms with Crippen LogP contribution in [0.5, 0.6) is 0 Å². The van der Waals surface area contributed by atoms with Crippen LogP contribution in [0, 0.1) is 0 Å². The summed E-state index contributed by atoms with van der Waals surface area (Å²) in [5, 5.41) is 1.37. The van der Waals surface area contributed by atoms with Gasteiger partial charge in [0.25, 0.3) is 0 Å². The molecule has 0 aliphatic heterocycles. The van der Waals surface area contributed by atoms with E-state index in [1.54, 1.807) is 6.07 Å². The fraction of sp³-hybridized carbons (Fsp3) is 0. The third-order valence-corrected chi connectivity index (χ3v) is 8.57. The van der Waals surface area contributed by atoms with E-state index in [4.69, 9.17) is 36.1 Å². The second-order valence-corrected chi connectivity index (χ2v) is 11.6. The van der Waals surface area contributed by atoms with E-state index in [0.717, 1.165) is 21.9 Å². The molecule has 7 aromatic carbocycles. The Morgan fingerprint density at radius 1 is 0.400 bits per heavy atom. The van der Waals surface area contributed by atoms with Crippen molar-refractivity contribution in [1.82, 2.24) is 15.0 Å². The molecule has 5 heteroatoms. The third kappa shape index (κ3) is 4.75. The van der Waals surface area contributed by atoms with Crippen LogP contribution in [-0.4, -0.2) is 15.0 Å². The van der Waals surface area contributed by atoms with E-state index in [9.17, 15) is 2.74 Å². The van der Waals surface area contributed by atoms with Gasteiger partial charge in [-0.1, -0.05) is 127 Å². The highest BCUT2D eigenvalue weighted by molar-refractivity contribution is 6.13. The van der Waals surface area contributed by atoms with Crippen molar-refractivity contribution in [2.24, 2.45) is 0 Å². The number of benzene rings is 7. The smallest absolute Gasteiger partial charge is 0.164 e. The SMILES string of the molecule is [2H]c1c([2H])c([2H])c(-c2c([2H])c(-c3nc(-c4ccc(-c5ccccc5)cc4)nc(-c4ccc5c(c4)oc4ccccc45)n3)c([2H])c3oc4c([2H])c([2H])c([2H])c([2H])c4c23)c([2H])c1[2H]. The summed E-state index contributed by atoms with van der Waals surface area (Å²) in [7, 11) is 0. The Bertz CT molecular complexity index is 3470. The number of para-hydroxylation sites is 2. The lowest BCUT2D eigenvalue weighted by atomic mass is 9.97. The van der Waals surface area contributed by atoms with E-state index >= 15 is 0 Å². The van der Waals surface area contributed by atoms with Crippen molar-refractivity contribution in [3.05, 3.63) is 164 Å². The fourth-order valence-corrected chi connectivity index (χ4v) is 6.21. The van der Waals surface area contributed by atoms with Crippen molar-refractivity contribution in [2.45, 2.75) is 0 Å². The Morgan fingerprint density at radius 2 is 1.02 bits per heavy atom. The van der Waals surface area contributed by atoms with Gasteiger partial charge in [-0.15, -0.1) is 0 Å². The molecule has 0 amide bonds. The topological polar surface area (TPSA) is 65.0 Å². The zero-order valence-electron chi connectivity index (χ0n) is 36.9. The monoisotopic (exact) mass is 652 g/mol. The normalized spacial score (nSPS) is 14.7. The van der Waals surface area contributed by atoms with E-state index in [1.165, 1.54) is 0 Å². The minimum absolute atomic E-state index is 0.141. The van der Waals surface area contributed by atoms with Gasteiger partial charge in [0.15, 0.2) is 17.5 Å². The van der Waals surface area contributed by atoms with Crippen molar-refractivity contribution < 1.29 is 23.9 Å². The van der Waals surface area contributed by atoms with Crippen molar-refractivity contribution >= 4 is 43.9 Å². The molecule has 0 saturated carbocycles. The second-order valence-electron chi connectivity index (χ2n) is 11.6.